The van der Waals surface area contributed by atoms with Crippen molar-refractivity contribution in [1.82, 2.24) is 5.32 Å². The minimum absolute atomic E-state index is 0.425. The number of hydrogen-bond acceptors (Lipinski definition) is 3. The Kier molecular flexibility index (Phi) is 10.4. The first-order valence-corrected chi connectivity index (χ1v) is 6.25. The maximum Gasteiger partial charge on any atom is 0.300 e. The Balaban J connectivity index is 0.000000272. The number of hydrogen-bond donors (Lipinski definition) is 2. The lowest BCUT2D eigenvalue weighted by atomic mass is 10.2. The van der Waals surface area contributed by atoms with Crippen LogP contribution < -0.4 is 5.32 Å². The summed E-state index contributed by atoms with van der Waals surface area (Å²) in [7, 11) is 0. The number of carbonyl (C=O) groups is 1. The van der Waals surface area contributed by atoms with Crippen molar-refractivity contribution < 1.29 is 14.6 Å². The van der Waals surface area contributed by atoms with Crippen LogP contribution in [0.25, 0.3) is 6.08 Å². The second-order valence-electron chi connectivity index (χ2n) is 4.02. The van der Waals surface area contributed by atoms with Crippen LogP contribution in [0, 0.1) is 0 Å². The third kappa shape index (κ3) is 12.6. The molecule has 19 heavy (non-hydrogen) atoms. The first kappa shape index (κ1) is 17.4. The van der Waals surface area contributed by atoms with Crippen LogP contribution in [0.5, 0.6) is 0 Å². The van der Waals surface area contributed by atoms with Crippen molar-refractivity contribution in [2.75, 3.05) is 19.7 Å². The van der Waals surface area contributed by atoms with Crippen molar-refractivity contribution in [3.63, 3.8) is 0 Å². The van der Waals surface area contributed by atoms with E-state index in [9.17, 15) is 0 Å². The van der Waals surface area contributed by atoms with Crippen molar-refractivity contribution in [2.45, 2.75) is 20.0 Å². The van der Waals surface area contributed by atoms with Crippen LogP contribution in [-0.4, -0.2) is 36.9 Å². The fourth-order valence-electron chi connectivity index (χ4n) is 1.29. The van der Waals surface area contributed by atoms with E-state index in [0.29, 0.717) is 6.10 Å². The molecule has 0 saturated carbocycles. The Morgan fingerprint density at radius 1 is 1.47 bits per heavy atom. The number of carboxylic acids is 1. The first-order valence-electron chi connectivity index (χ1n) is 6.25. The lowest BCUT2D eigenvalue weighted by molar-refractivity contribution is -0.134. The average Bonchev–Trinajstić information content (AvgIpc) is 2.41. The molecule has 0 amide bonds. The Labute approximate surface area is 115 Å². The fraction of sp³-hybridized carbons (Fsp3) is 0.400. The number of morpholine rings is 1. The summed E-state index contributed by atoms with van der Waals surface area (Å²) in [6, 6.07) is 10.0. The van der Waals surface area contributed by atoms with E-state index in [4.69, 9.17) is 14.6 Å². The molecule has 1 fully saturated rings. The lowest BCUT2D eigenvalue weighted by Crippen LogP contribution is -2.36. The van der Waals surface area contributed by atoms with Crippen LogP contribution >= 0.6 is 0 Å². The number of aliphatic carboxylic acids is 1. The molecule has 1 saturated heterocycles. The van der Waals surface area contributed by atoms with Gasteiger partial charge in [-0.2, -0.15) is 0 Å². The quantitative estimate of drug-likeness (QED) is 0.818. The molecular formula is C15H23NO3. The van der Waals surface area contributed by atoms with Crippen LogP contribution in [0.3, 0.4) is 0 Å². The summed E-state index contributed by atoms with van der Waals surface area (Å²) >= 11 is 0. The van der Waals surface area contributed by atoms with Gasteiger partial charge in [0.2, 0.25) is 0 Å². The highest BCUT2D eigenvalue weighted by Gasteiger charge is 2.04. The smallest absolute Gasteiger partial charge is 0.300 e. The van der Waals surface area contributed by atoms with Gasteiger partial charge in [0.25, 0.3) is 5.97 Å². The summed E-state index contributed by atoms with van der Waals surface area (Å²) in [5.41, 5.74) is 1.17. The third-order valence-electron chi connectivity index (χ3n) is 2.15. The van der Waals surface area contributed by atoms with Crippen LogP contribution in [0.2, 0.25) is 0 Å². The Bertz CT molecular complexity index is 342. The van der Waals surface area contributed by atoms with E-state index in [1.54, 1.807) is 0 Å². The summed E-state index contributed by atoms with van der Waals surface area (Å²) in [6.45, 7) is 9.70. The summed E-state index contributed by atoms with van der Waals surface area (Å²) in [5, 5.41) is 10.6. The normalized spacial score (nSPS) is 17.1. The molecule has 4 heteroatoms. The molecule has 1 aromatic carbocycles. The standard InChI is InChI=1S/C8H8.C5H11NO.C2H4O2/c1-2-8-6-4-3-5-7-8;1-5-4-6-2-3-7-5;1-2(3)4/h2-7H,1H2;5-6H,2-4H2,1H3;1H3,(H,3,4). The molecule has 1 atom stereocenters. The summed E-state index contributed by atoms with van der Waals surface area (Å²) < 4.78 is 5.22. The predicted octanol–water partition coefficient (Wildman–Crippen LogP) is 2.42. The Morgan fingerprint density at radius 2 is 2.05 bits per heavy atom. The summed E-state index contributed by atoms with van der Waals surface area (Å²) in [6.07, 6.45) is 2.26. The highest BCUT2D eigenvalue weighted by molar-refractivity contribution is 5.62. The van der Waals surface area contributed by atoms with Gasteiger partial charge in [0.15, 0.2) is 0 Å². The van der Waals surface area contributed by atoms with Gasteiger partial charge in [-0.15, -0.1) is 0 Å². The number of ether oxygens (including phenoxy) is 1. The topological polar surface area (TPSA) is 58.6 Å². The van der Waals surface area contributed by atoms with Crippen LogP contribution in [0.1, 0.15) is 19.4 Å². The lowest BCUT2D eigenvalue weighted by Gasteiger charge is -2.18. The van der Waals surface area contributed by atoms with Gasteiger partial charge in [-0.05, 0) is 12.5 Å². The van der Waals surface area contributed by atoms with E-state index in [-0.39, 0.29) is 0 Å². The minimum Gasteiger partial charge on any atom is -0.481 e. The fourth-order valence-corrected chi connectivity index (χ4v) is 1.29. The largest absolute Gasteiger partial charge is 0.481 e. The monoisotopic (exact) mass is 265 g/mol. The van der Waals surface area contributed by atoms with Gasteiger partial charge < -0.3 is 15.2 Å². The molecule has 0 spiro atoms. The molecule has 2 N–H and O–H groups in total. The van der Waals surface area contributed by atoms with Gasteiger partial charge in [0.05, 0.1) is 12.7 Å². The molecule has 0 radical (unpaired) electrons. The van der Waals surface area contributed by atoms with Crippen LogP contribution in [-0.2, 0) is 9.53 Å². The highest BCUT2D eigenvalue weighted by atomic mass is 16.5. The van der Waals surface area contributed by atoms with Crippen molar-refractivity contribution in [3.8, 4) is 0 Å². The van der Waals surface area contributed by atoms with E-state index in [1.807, 2.05) is 36.4 Å². The SMILES string of the molecule is C=Cc1ccccc1.CC(=O)O.CC1CNCCO1. The highest BCUT2D eigenvalue weighted by Crippen LogP contribution is 1.97. The number of nitrogens with one attached hydrogen (secondary N) is 1. The molecule has 0 bridgehead atoms. The van der Waals surface area contributed by atoms with Crippen molar-refractivity contribution in [3.05, 3.63) is 42.5 Å². The van der Waals surface area contributed by atoms with Crippen LogP contribution in [0.4, 0.5) is 0 Å². The molecule has 1 aliphatic rings. The van der Waals surface area contributed by atoms with Gasteiger partial charge in [0, 0.05) is 20.0 Å². The second-order valence-corrected chi connectivity index (χ2v) is 4.02. The predicted molar refractivity (Wildman–Crippen MR) is 78.1 cm³/mol. The maximum atomic E-state index is 9.00. The van der Waals surface area contributed by atoms with E-state index in [2.05, 4.69) is 18.8 Å². The van der Waals surface area contributed by atoms with E-state index >= 15 is 0 Å². The molecule has 1 aromatic rings. The first-order chi connectivity index (χ1) is 9.06. The molecule has 2 rings (SSSR count). The van der Waals surface area contributed by atoms with Crippen molar-refractivity contribution in [2.24, 2.45) is 0 Å². The molecular weight excluding hydrogens is 242 g/mol. The molecule has 0 aromatic heterocycles. The minimum atomic E-state index is -0.833. The molecule has 4 nitrogen and oxygen atoms in total. The Hall–Kier alpha value is -1.65. The summed E-state index contributed by atoms with van der Waals surface area (Å²) in [4.78, 5) is 9.00. The van der Waals surface area contributed by atoms with Gasteiger partial charge >= 0.3 is 0 Å². The molecule has 1 unspecified atom stereocenters. The number of benzene rings is 1. The van der Waals surface area contributed by atoms with Gasteiger partial charge in [-0.1, -0.05) is 43.0 Å². The molecule has 0 aliphatic carbocycles. The number of rotatable bonds is 1. The van der Waals surface area contributed by atoms with E-state index < -0.39 is 5.97 Å². The van der Waals surface area contributed by atoms with Gasteiger partial charge in [-0.3, -0.25) is 4.79 Å². The molecule has 1 heterocycles. The summed E-state index contributed by atoms with van der Waals surface area (Å²) in [5.74, 6) is -0.833. The van der Waals surface area contributed by atoms with Gasteiger partial charge in [0.1, 0.15) is 0 Å². The van der Waals surface area contributed by atoms with Crippen molar-refractivity contribution >= 4 is 12.0 Å². The molecule has 106 valence electrons. The van der Waals surface area contributed by atoms with Crippen molar-refractivity contribution in [1.29, 1.82) is 0 Å². The third-order valence-corrected chi connectivity index (χ3v) is 2.15. The van der Waals surface area contributed by atoms with E-state index in [1.165, 1.54) is 5.56 Å². The zero-order valence-electron chi connectivity index (χ0n) is 11.6. The Morgan fingerprint density at radius 3 is 2.32 bits per heavy atom. The van der Waals surface area contributed by atoms with Crippen LogP contribution in [0.15, 0.2) is 36.9 Å². The second kappa shape index (κ2) is 11.4. The number of carboxylic acid groups (broad SMARTS) is 1. The van der Waals surface area contributed by atoms with E-state index in [0.717, 1.165) is 26.6 Å². The average molecular weight is 265 g/mol. The maximum absolute atomic E-state index is 9.00. The van der Waals surface area contributed by atoms with Gasteiger partial charge in [-0.25, -0.2) is 0 Å². The molecule has 1 aliphatic heterocycles. The zero-order chi connectivity index (χ0) is 14.5. The zero-order valence-corrected chi connectivity index (χ0v) is 11.6.